The minimum atomic E-state index is -2.61. The van der Waals surface area contributed by atoms with Gasteiger partial charge < -0.3 is 9.16 Å². The van der Waals surface area contributed by atoms with Crippen LogP contribution >= 0.6 is 0 Å². The molecule has 2 aromatic rings. The van der Waals surface area contributed by atoms with Crippen LogP contribution in [0.5, 0.6) is 0 Å². The second kappa shape index (κ2) is 8.34. The molecule has 1 aliphatic carbocycles. The highest BCUT2D eigenvalue weighted by atomic mass is 28.4. The van der Waals surface area contributed by atoms with Gasteiger partial charge in [0, 0.05) is 6.04 Å². The number of likely N-dealkylation sites (tertiary alicyclic amines) is 1. The number of ether oxygens (including phenoxy) is 1. The summed E-state index contributed by atoms with van der Waals surface area (Å²) >= 11 is 0. The number of benzene rings is 2. The number of nitrogens with zero attached hydrogens (tertiary/aromatic N) is 1. The standard InChI is InChI=1S/C27H37NO3Si/c1-26(2,3)31-25(29)28-21(17-20-18-24(20)28)19-30-32(27(4,5)6,22-13-9-7-10-14-22)23-15-11-8-12-16-23/h7-16,20-21,24H,17-19H2,1-6H3/t20?,21-,24?/m1/s1. The molecule has 0 radical (unpaired) electrons. The van der Waals surface area contributed by atoms with E-state index in [0.717, 1.165) is 12.8 Å². The average molecular weight is 452 g/mol. The van der Waals surface area contributed by atoms with Gasteiger partial charge in [0.15, 0.2) is 0 Å². The van der Waals surface area contributed by atoms with E-state index in [2.05, 4.69) is 81.4 Å². The molecule has 0 bridgehead atoms. The normalized spacial score (nSPS) is 23.1. The molecule has 2 unspecified atom stereocenters. The zero-order chi connectivity index (χ0) is 23.1. The van der Waals surface area contributed by atoms with Crippen molar-refractivity contribution in [3.05, 3.63) is 60.7 Å². The third-order valence-electron chi connectivity index (χ3n) is 6.72. The van der Waals surface area contributed by atoms with Crippen molar-refractivity contribution in [2.75, 3.05) is 6.61 Å². The molecule has 0 N–H and O–H groups in total. The molecule has 1 amide bonds. The van der Waals surface area contributed by atoms with Gasteiger partial charge in [-0.3, -0.25) is 4.90 Å². The fourth-order valence-corrected chi connectivity index (χ4v) is 9.89. The van der Waals surface area contributed by atoms with Gasteiger partial charge >= 0.3 is 6.09 Å². The Morgan fingerprint density at radius 2 is 1.44 bits per heavy atom. The molecule has 0 aromatic heterocycles. The van der Waals surface area contributed by atoms with Crippen molar-refractivity contribution < 1.29 is 14.0 Å². The van der Waals surface area contributed by atoms with Crippen LogP contribution in [0.4, 0.5) is 4.79 Å². The van der Waals surface area contributed by atoms with Gasteiger partial charge in [-0.25, -0.2) is 4.79 Å². The van der Waals surface area contributed by atoms with Crippen molar-refractivity contribution in [3.63, 3.8) is 0 Å². The molecule has 3 atom stereocenters. The second-order valence-corrected chi connectivity index (χ2v) is 15.6. The van der Waals surface area contributed by atoms with Crippen LogP contribution in [0, 0.1) is 5.92 Å². The topological polar surface area (TPSA) is 38.8 Å². The molecule has 32 heavy (non-hydrogen) atoms. The first-order valence-electron chi connectivity index (χ1n) is 11.8. The van der Waals surface area contributed by atoms with Crippen LogP contribution in [0.25, 0.3) is 0 Å². The zero-order valence-corrected chi connectivity index (χ0v) is 21.3. The van der Waals surface area contributed by atoms with E-state index in [9.17, 15) is 4.79 Å². The fourth-order valence-electron chi connectivity index (χ4n) is 5.29. The lowest BCUT2D eigenvalue weighted by Crippen LogP contribution is -2.67. The Labute approximate surface area is 194 Å². The number of hydrogen-bond acceptors (Lipinski definition) is 3. The zero-order valence-electron chi connectivity index (χ0n) is 20.3. The van der Waals surface area contributed by atoms with E-state index in [1.807, 2.05) is 25.7 Å². The number of carbonyl (C=O) groups excluding carboxylic acids is 1. The van der Waals surface area contributed by atoms with Crippen molar-refractivity contribution >= 4 is 24.8 Å². The predicted octanol–water partition coefficient (Wildman–Crippen LogP) is 4.96. The monoisotopic (exact) mass is 451 g/mol. The van der Waals surface area contributed by atoms with Crippen molar-refractivity contribution in [2.45, 2.75) is 77.1 Å². The molecule has 4 nitrogen and oxygen atoms in total. The fraction of sp³-hybridized carbons (Fsp3) is 0.519. The molecule has 172 valence electrons. The van der Waals surface area contributed by atoms with Gasteiger partial charge in [-0.1, -0.05) is 81.4 Å². The van der Waals surface area contributed by atoms with Gasteiger partial charge in [0.25, 0.3) is 8.32 Å². The van der Waals surface area contributed by atoms with Gasteiger partial charge in [-0.2, -0.15) is 0 Å². The van der Waals surface area contributed by atoms with Crippen LogP contribution in [-0.4, -0.2) is 43.6 Å². The third-order valence-corrected chi connectivity index (χ3v) is 11.7. The maximum absolute atomic E-state index is 13.0. The number of carbonyl (C=O) groups is 1. The Balaban J connectivity index is 1.66. The third kappa shape index (κ3) is 4.37. The van der Waals surface area contributed by atoms with Crippen LogP contribution in [0.2, 0.25) is 5.04 Å². The van der Waals surface area contributed by atoms with Gasteiger partial charge in [0.05, 0.1) is 12.6 Å². The van der Waals surface area contributed by atoms with E-state index in [1.165, 1.54) is 10.4 Å². The Morgan fingerprint density at radius 1 is 0.906 bits per heavy atom. The van der Waals surface area contributed by atoms with Crippen LogP contribution in [0.3, 0.4) is 0 Å². The first-order chi connectivity index (χ1) is 15.0. The summed E-state index contributed by atoms with van der Waals surface area (Å²) in [6.45, 7) is 13.2. The lowest BCUT2D eigenvalue weighted by atomic mass is 10.2. The molecular weight excluding hydrogens is 414 g/mol. The molecule has 1 heterocycles. The molecule has 1 saturated carbocycles. The number of amides is 1. The summed E-state index contributed by atoms with van der Waals surface area (Å²) in [7, 11) is -2.61. The molecule has 0 spiro atoms. The smallest absolute Gasteiger partial charge is 0.410 e. The van der Waals surface area contributed by atoms with E-state index in [4.69, 9.17) is 9.16 Å². The predicted molar refractivity (Wildman–Crippen MR) is 132 cm³/mol. The molecule has 1 saturated heterocycles. The summed E-state index contributed by atoms with van der Waals surface area (Å²) in [6.07, 6.45) is 1.90. The Morgan fingerprint density at radius 3 is 1.91 bits per heavy atom. The van der Waals surface area contributed by atoms with Gasteiger partial charge in [0.2, 0.25) is 0 Å². The highest BCUT2D eigenvalue weighted by molar-refractivity contribution is 6.99. The van der Waals surface area contributed by atoms with Crippen LogP contribution in [0.1, 0.15) is 54.4 Å². The first kappa shape index (κ1) is 23.1. The van der Waals surface area contributed by atoms with E-state index in [-0.39, 0.29) is 17.2 Å². The summed E-state index contributed by atoms with van der Waals surface area (Å²) in [4.78, 5) is 15.0. The number of rotatable bonds is 5. The van der Waals surface area contributed by atoms with Crippen molar-refractivity contribution in [1.29, 1.82) is 0 Å². The molecule has 1 aliphatic heterocycles. The maximum atomic E-state index is 13.0. The summed E-state index contributed by atoms with van der Waals surface area (Å²) in [5, 5.41) is 2.46. The lowest BCUT2D eigenvalue weighted by molar-refractivity contribution is 0.0135. The Hall–Kier alpha value is -2.11. The summed E-state index contributed by atoms with van der Waals surface area (Å²) in [6, 6.07) is 21.8. The van der Waals surface area contributed by atoms with Crippen molar-refractivity contribution in [1.82, 2.24) is 4.90 Å². The van der Waals surface area contributed by atoms with Gasteiger partial charge in [-0.05, 0) is 54.9 Å². The lowest BCUT2D eigenvalue weighted by Gasteiger charge is -2.44. The van der Waals surface area contributed by atoms with Crippen molar-refractivity contribution in [3.8, 4) is 0 Å². The number of fused-ring (bicyclic) bond motifs is 1. The van der Waals surface area contributed by atoms with Crippen LogP contribution in [-0.2, 0) is 9.16 Å². The highest BCUT2D eigenvalue weighted by Gasteiger charge is 2.57. The molecule has 2 aliphatic rings. The Bertz CT molecular complexity index is 893. The first-order valence-corrected chi connectivity index (χ1v) is 13.7. The van der Waals surface area contributed by atoms with Crippen LogP contribution < -0.4 is 10.4 Å². The summed E-state index contributed by atoms with van der Waals surface area (Å²) in [5.74, 6) is 0.593. The summed E-state index contributed by atoms with van der Waals surface area (Å²) < 4.78 is 12.9. The molecule has 5 heteroatoms. The number of piperidine rings is 1. The molecule has 4 rings (SSSR count). The largest absolute Gasteiger partial charge is 0.444 e. The Kier molecular flexibility index (Phi) is 6.01. The molecular formula is C27H37NO3Si. The SMILES string of the molecule is CC(C)(C)OC(=O)N1C2CC2C[C@@H]1CO[Si](c1ccccc1)(c1ccccc1)C(C)(C)C. The van der Waals surface area contributed by atoms with Gasteiger partial charge in [0.1, 0.15) is 5.60 Å². The second-order valence-electron chi connectivity index (χ2n) is 11.3. The number of hydrogen-bond donors (Lipinski definition) is 0. The maximum Gasteiger partial charge on any atom is 0.410 e. The van der Waals surface area contributed by atoms with E-state index in [1.54, 1.807) is 0 Å². The molecule has 2 aromatic carbocycles. The quantitative estimate of drug-likeness (QED) is 0.603. The molecule has 2 fully saturated rings. The average Bonchev–Trinajstić information content (AvgIpc) is 3.37. The van der Waals surface area contributed by atoms with Crippen LogP contribution in [0.15, 0.2) is 60.7 Å². The van der Waals surface area contributed by atoms with E-state index >= 15 is 0 Å². The van der Waals surface area contributed by atoms with Crippen molar-refractivity contribution in [2.24, 2.45) is 5.92 Å². The van der Waals surface area contributed by atoms with E-state index in [0.29, 0.717) is 18.6 Å². The highest BCUT2D eigenvalue weighted by Crippen LogP contribution is 2.49. The van der Waals surface area contributed by atoms with E-state index < -0.39 is 13.9 Å². The van der Waals surface area contributed by atoms with Gasteiger partial charge in [-0.15, -0.1) is 0 Å². The minimum absolute atomic E-state index is 0.0650. The minimum Gasteiger partial charge on any atom is -0.444 e. The summed E-state index contributed by atoms with van der Waals surface area (Å²) in [5.41, 5.74) is -0.493.